The number of rotatable bonds is 5. The summed E-state index contributed by atoms with van der Waals surface area (Å²) in [5.74, 6) is 0.205. The molecule has 2 aromatic rings. The summed E-state index contributed by atoms with van der Waals surface area (Å²) in [5.41, 5.74) is 1.12. The van der Waals surface area contributed by atoms with E-state index in [-0.39, 0.29) is 6.61 Å². The fraction of sp³-hybridized carbons (Fsp3) is 0.300. The highest BCUT2D eigenvalue weighted by Crippen LogP contribution is 2.19. The second-order valence-corrected chi connectivity index (χ2v) is 6.59. The molecule has 0 aliphatic heterocycles. The Hall–Kier alpha value is -3.02. The average Bonchev–Trinajstić information content (AvgIpc) is 2.58. The molecule has 0 unspecified atom stereocenters. The van der Waals surface area contributed by atoms with Gasteiger partial charge in [0.15, 0.2) is 0 Å². The number of amides is 1. The largest absolute Gasteiger partial charge is 0.496 e. The Bertz CT molecular complexity index is 763. The third-order valence-corrected chi connectivity index (χ3v) is 3.32. The molecule has 6 heteroatoms. The van der Waals surface area contributed by atoms with Crippen molar-refractivity contribution in [1.29, 1.82) is 0 Å². The van der Waals surface area contributed by atoms with Crippen molar-refractivity contribution >= 4 is 17.7 Å². The van der Waals surface area contributed by atoms with Crippen LogP contribution in [-0.4, -0.2) is 24.8 Å². The Morgan fingerprint density at radius 3 is 2.27 bits per heavy atom. The summed E-state index contributed by atoms with van der Waals surface area (Å²) in [4.78, 5) is 23.9. The number of para-hydroxylation sites is 1. The van der Waals surface area contributed by atoms with E-state index >= 15 is 0 Å². The van der Waals surface area contributed by atoms with Crippen LogP contribution in [0.5, 0.6) is 5.75 Å². The van der Waals surface area contributed by atoms with Crippen LogP contribution in [0.1, 0.15) is 36.7 Å². The van der Waals surface area contributed by atoms with Crippen molar-refractivity contribution in [2.45, 2.75) is 33.0 Å². The van der Waals surface area contributed by atoms with E-state index in [1.54, 1.807) is 58.2 Å². The minimum atomic E-state index is -0.577. The van der Waals surface area contributed by atoms with Gasteiger partial charge in [-0.3, -0.25) is 5.32 Å². The molecule has 2 aromatic carbocycles. The Labute approximate surface area is 153 Å². The molecular weight excluding hydrogens is 334 g/mol. The minimum absolute atomic E-state index is 0.112. The van der Waals surface area contributed by atoms with E-state index in [0.29, 0.717) is 17.0 Å². The van der Waals surface area contributed by atoms with Gasteiger partial charge < -0.3 is 14.2 Å². The molecule has 0 saturated carbocycles. The maximum absolute atomic E-state index is 12.2. The standard InChI is InChI=1S/C20H23NO5/c1-20(2,3)26-19(23)21-16-11-9-14(10-12-16)18(22)25-13-15-7-5-6-8-17(15)24-4/h5-12H,13H2,1-4H3,(H,21,23). The van der Waals surface area contributed by atoms with Gasteiger partial charge in [0.25, 0.3) is 0 Å². The predicted octanol–water partition coefficient (Wildman–Crippen LogP) is 4.40. The lowest BCUT2D eigenvalue weighted by Crippen LogP contribution is -2.27. The van der Waals surface area contributed by atoms with Crippen LogP contribution in [-0.2, 0) is 16.1 Å². The smallest absolute Gasteiger partial charge is 0.412 e. The summed E-state index contributed by atoms with van der Waals surface area (Å²) in [6, 6.07) is 13.7. The van der Waals surface area contributed by atoms with Crippen molar-refractivity contribution in [2.75, 3.05) is 12.4 Å². The number of ether oxygens (including phenoxy) is 3. The zero-order chi connectivity index (χ0) is 19.2. The molecule has 2 rings (SSSR count). The summed E-state index contributed by atoms with van der Waals surface area (Å²) in [5, 5.41) is 2.61. The van der Waals surface area contributed by atoms with Crippen LogP contribution in [0.4, 0.5) is 10.5 Å². The van der Waals surface area contributed by atoms with Gasteiger partial charge in [0.1, 0.15) is 18.0 Å². The highest BCUT2D eigenvalue weighted by molar-refractivity contribution is 5.91. The van der Waals surface area contributed by atoms with Gasteiger partial charge in [-0.05, 0) is 51.1 Å². The first kappa shape index (κ1) is 19.3. The second-order valence-electron chi connectivity index (χ2n) is 6.59. The first-order valence-electron chi connectivity index (χ1n) is 8.17. The number of hydrogen-bond donors (Lipinski definition) is 1. The van der Waals surface area contributed by atoms with E-state index in [9.17, 15) is 9.59 Å². The summed E-state index contributed by atoms with van der Waals surface area (Å²) >= 11 is 0. The highest BCUT2D eigenvalue weighted by atomic mass is 16.6. The van der Waals surface area contributed by atoms with Crippen molar-refractivity contribution in [1.82, 2.24) is 0 Å². The van der Waals surface area contributed by atoms with Gasteiger partial charge in [0, 0.05) is 11.3 Å². The number of benzene rings is 2. The van der Waals surface area contributed by atoms with Crippen LogP contribution in [0.25, 0.3) is 0 Å². The zero-order valence-corrected chi connectivity index (χ0v) is 15.4. The fourth-order valence-corrected chi connectivity index (χ4v) is 2.16. The van der Waals surface area contributed by atoms with Crippen LogP contribution >= 0.6 is 0 Å². The van der Waals surface area contributed by atoms with Gasteiger partial charge in [0.05, 0.1) is 12.7 Å². The summed E-state index contributed by atoms with van der Waals surface area (Å²) in [6.07, 6.45) is -0.552. The molecule has 0 atom stereocenters. The number of methoxy groups -OCH3 is 1. The Morgan fingerprint density at radius 1 is 1.00 bits per heavy atom. The number of nitrogens with one attached hydrogen (secondary N) is 1. The lowest BCUT2D eigenvalue weighted by molar-refractivity contribution is 0.0470. The molecule has 0 spiro atoms. The lowest BCUT2D eigenvalue weighted by Gasteiger charge is -2.19. The fourth-order valence-electron chi connectivity index (χ4n) is 2.16. The van der Waals surface area contributed by atoms with E-state index in [2.05, 4.69) is 5.32 Å². The number of esters is 1. The summed E-state index contributed by atoms with van der Waals surface area (Å²) in [6.45, 7) is 5.47. The molecule has 0 heterocycles. The maximum Gasteiger partial charge on any atom is 0.412 e. The van der Waals surface area contributed by atoms with Crippen molar-refractivity contribution in [3.63, 3.8) is 0 Å². The number of carbonyl (C=O) groups excluding carboxylic acids is 2. The SMILES string of the molecule is COc1ccccc1COC(=O)c1ccc(NC(=O)OC(C)(C)C)cc1. The quantitative estimate of drug-likeness (QED) is 0.803. The molecule has 0 aliphatic carbocycles. The zero-order valence-electron chi connectivity index (χ0n) is 15.4. The first-order chi connectivity index (χ1) is 12.3. The molecule has 0 radical (unpaired) electrons. The van der Waals surface area contributed by atoms with Gasteiger partial charge in [0.2, 0.25) is 0 Å². The number of anilines is 1. The van der Waals surface area contributed by atoms with Crippen molar-refractivity contribution in [3.05, 3.63) is 59.7 Å². The summed E-state index contributed by atoms with van der Waals surface area (Å²) in [7, 11) is 1.57. The van der Waals surface area contributed by atoms with E-state index in [0.717, 1.165) is 5.56 Å². The van der Waals surface area contributed by atoms with Gasteiger partial charge in [-0.1, -0.05) is 18.2 Å². The first-order valence-corrected chi connectivity index (χ1v) is 8.17. The van der Waals surface area contributed by atoms with E-state index in [4.69, 9.17) is 14.2 Å². The molecule has 0 fully saturated rings. The molecule has 0 aliphatic rings. The molecule has 0 bridgehead atoms. The van der Waals surface area contributed by atoms with E-state index in [1.165, 1.54) is 0 Å². The minimum Gasteiger partial charge on any atom is -0.496 e. The molecular formula is C20H23NO5. The number of hydrogen-bond acceptors (Lipinski definition) is 5. The molecule has 0 aromatic heterocycles. The molecule has 26 heavy (non-hydrogen) atoms. The van der Waals surface area contributed by atoms with Crippen molar-refractivity contribution in [3.8, 4) is 5.75 Å². The molecule has 1 amide bonds. The third kappa shape index (κ3) is 5.81. The van der Waals surface area contributed by atoms with Crippen LogP contribution in [0.15, 0.2) is 48.5 Å². The summed E-state index contributed by atoms with van der Waals surface area (Å²) < 4.78 is 15.7. The molecule has 0 saturated heterocycles. The molecule has 138 valence electrons. The molecule has 6 nitrogen and oxygen atoms in total. The monoisotopic (exact) mass is 357 g/mol. The topological polar surface area (TPSA) is 73.9 Å². The van der Waals surface area contributed by atoms with Crippen LogP contribution in [0.2, 0.25) is 0 Å². The van der Waals surface area contributed by atoms with Crippen molar-refractivity contribution < 1.29 is 23.8 Å². The lowest BCUT2D eigenvalue weighted by atomic mass is 10.2. The highest BCUT2D eigenvalue weighted by Gasteiger charge is 2.16. The average molecular weight is 357 g/mol. The van der Waals surface area contributed by atoms with Gasteiger partial charge in [-0.2, -0.15) is 0 Å². The second kappa shape index (κ2) is 8.38. The normalized spacial score (nSPS) is 10.8. The third-order valence-electron chi connectivity index (χ3n) is 3.32. The Balaban J connectivity index is 1.93. The molecule has 1 N–H and O–H groups in total. The van der Waals surface area contributed by atoms with Crippen molar-refractivity contribution in [2.24, 2.45) is 0 Å². The van der Waals surface area contributed by atoms with Gasteiger partial charge in [-0.15, -0.1) is 0 Å². The Kier molecular flexibility index (Phi) is 6.22. The van der Waals surface area contributed by atoms with Gasteiger partial charge in [-0.25, -0.2) is 9.59 Å². The Morgan fingerprint density at radius 2 is 1.65 bits per heavy atom. The van der Waals surface area contributed by atoms with Gasteiger partial charge >= 0.3 is 12.1 Å². The number of carbonyl (C=O) groups is 2. The van der Waals surface area contributed by atoms with Crippen LogP contribution < -0.4 is 10.1 Å². The van der Waals surface area contributed by atoms with E-state index < -0.39 is 17.7 Å². The van der Waals surface area contributed by atoms with Crippen LogP contribution in [0.3, 0.4) is 0 Å². The van der Waals surface area contributed by atoms with Crippen LogP contribution in [0, 0.1) is 0 Å². The van der Waals surface area contributed by atoms with E-state index in [1.807, 2.05) is 18.2 Å². The predicted molar refractivity (Wildman–Crippen MR) is 98.4 cm³/mol. The maximum atomic E-state index is 12.2.